The lowest BCUT2D eigenvalue weighted by molar-refractivity contribution is 0.660. The molecule has 0 fully saturated rings. The van der Waals surface area contributed by atoms with Gasteiger partial charge in [-0.25, -0.2) is 0 Å². The van der Waals surface area contributed by atoms with E-state index in [1.54, 1.807) is 0 Å². The number of furan rings is 1. The number of nitrogens with zero attached hydrogens (tertiary/aromatic N) is 1. The molecular formula is C43H31NO. The molecule has 0 amide bonds. The van der Waals surface area contributed by atoms with E-state index in [0.717, 1.165) is 49.8 Å². The van der Waals surface area contributed by atoms with Crippen LogP contribution in [0.4, 0.5) is 17.1 Å². The third-order valence-electron chi connectivity index (χ3n) is 9.64. The van der Waals surface area contributed by atoms with Gasteiger partial charge in [0.15, 0.2) is 0 Å². The molecule has 45 heavy (non-hydrogen) atoms. The Labute approximate surface area is 262 Å². The summed E-state index contributed by atoms with van der Waals surface area (Å²) < 4.78 is 6.49. The van der Waals surface area contributed by atoms with Crippen molar-refractivity contribution in [1.29, 1.82) is 0 Å². The van der Waals surface area contributed by atoms with Crippen LogP contribution in [-0.4, -0.2) is 0 Å². The van der Waals surface area contributed by atoms with Gasteiger partial charge in [-0.2, -0.15) is 0 Å². The highest BCUT2D eigenvalue weighted by Crippen LogP contribution is 2.51. The summed E-state index contributed by atoms with van der Waals surface area (Å²) in [5.41, 5.74) is 12.9. The molecule has 0 saturated carbocycles. The molecule has 7 aromatic carbocycles. The molecule has 1 aliphatic carbocycles. The third-order valence-corrected chi connectivity index (χ3v) is 9.64. The molecule has 9 rings (SSSR count). The number of fused-ring (bicyclic) bond motifs is 8. The summed E-state index contributed by atoms with van der Waals surface area (Å²) in [5, 5.41) is 4.51. The Morgan fingerprint density at radius 1 is 0.467 bits per heavy atom. The van der Waals surface area contributed by atoms with Crippen LogP contribution in [0.15, 0.2) is 156 Å². The molecule has 2 heteroatoms. The quantitative estimate of drug-likeness (QED) is 0.207. The lowest BCUT2D eigenvalue weighted by Crippen LogP contribution is -2.15. The minimum absolute atomic E-state index is 0.0518. The van der Waals surface area contributed by atoms with E-state index in [-0.39, 0.29) is 5.41 Å². The first-order valence-electron chi connectivity index (χ1n) is 15.6. The molecule has 1 aliphatic rings. The molecule has 0 spiro atoms. The summed E-state index contributed by atoms with van der Waals surface area (Å²) in [7, 11) is 0. The Bertz CT molecular complexity index is 2410. The Hall–Kier alpha value is -5.60. The first-order chi connectivity index (χ1) is 22.1. The second-order valence-electron chi connectivity index (χ2n) is 12.6. The zero-order valence-electron chi connectivity index (χ0n) is 25.3. The van der Waals surface area contributed by atoms with Gasteiger partial charge >= 0.3 is 0 Å². The van der Waals surface area contributed by atoms with E-state index < -0.39 is 0 Å². The fourth-order valence-corrected chi connectivity index (χ4v) is 7.44. The Morgan fingerprint density at radius 3 is 2.00 bits per heavy atom. The molecule has 0 saturated heterocycles. The van der Waals surface area contributed by atoms with E-state index in [1.165, 1.54) is 33.4 Å². The van der Waals surface area contributed by atoms with E-state index in [4.69, 9.17) is 4.42 Å². The summed E-state index contributed by atoms with van der Waals surface area (Å²) in [4.78, 5) is 2.43. The molecule has 0 unspecified atom stereocenters. The van der Waals surface area contributed by atoms with Crippen LogP contribution in [0, 0.1) is 0 Å². The highest BCUT2D eigenvalue weighted by molar-refractivity contribution is 6.19. The molecule has 0 atom stereocenters. The van der Waals surface area contributed by atoms with Crippen molar-refractivity contribution in [2.45, 2.75) is 19.3 Å². The molecule has 0 bridgehead atoms. The molecule has 0 aliphatic heterocycles. The summed E-state index contributed by atoms with van der Waals surface area (Å²) in [6, 6.07) is 54.7. The van der Waals surface area contributed by atoms with E-state index in [9.17, 15) is 0 Å². The normalized spacial score (nSPS) is 13.3. The predicted molar refractivity (Wildman–Crippen MR) is 189 cm³/mol. The van der Waals surface area contributed by atoms with Crippen LogP contribution in [0.5, 0.6) is 0 Å². The van der Waals surface area contributed by atoms with Gasteiger partial charge in [0, 0.05) is 38.3 Å². The van der Waals surface area contributed by atoms with Crippen LogP contribution in [0.1, 0.15) is 25.0 Å². The topological polar surface area (TPSA) is 16.4 Å². The first kappa shape index (κ1) is 25.9. The van der Waals surface area contributed by atoms with Gasteiger partial charge in [0.1, 0.15) is 11.2 Å². The van der Waals surface area contributed by atoms with Gasteiger partial charge in [0.25, 0.3) is 0 Å². The summed E-state index contributed by atoms with van der Waals surface area (Å²) in [6.45, 7) is 4.67. The fourth-order valence-electron chi connectivity index (χ4n) is 7.44. The van der Waals surface area contributed by atoms with Gasteiger partial charge in [-0.1, -0.05) is 129 Å². The van der Waals surface area contributed by atoms with Gasteiger partial charge in [0.2, 0.25) is 0 Å². The zero-order chi connectivity index (χ0) is 30.1. The van der Waals surface area contributed by atoms with Gasteiger partial charge in [0.05, 0.1) is 5.69 Å². The fraction of sp³-hybridized carbons (Fsp3) is 0.0698. The Kier molecular flexibility index (Phi) is 5.58. The minimum Gasteiger partial charge on any atom is -0.455 e. The van der Waals surface area contributed by atoms with Crippen molar-refractivity contribution >= 4 is 49.8 Å². The van der Waals surface area contributed by atoms with Crippen molar-refractivity contribution in [3.8, 4) is 22.3 Å². The number of hydrogen-bond donors (Lipinski definition) is 0. The molecule has 214 valence electrons. The average molecular weight is 578 g/mol. The smallest absolute Gasteiger partial charge is 0.143 e. The second kappa shape index (κ2) is 9.70. The predicted octanol–water partition coefficient (Wildman–Crippen LogP) is 12.2. The lowest BCUT2D eigenvalue weighted by atomic mass is 9.82. The number of anilines is 3. The molecule has 8 aromatic rings. The number of rotatable bonds is 4. The van der Waals surface area contributed by atoms with Crippen LogP contribution < -0.4 is 4.90 Å². The number of benzene rings is 7. The van der Waals surface area contributed by atoms with Gasteiger partial charge in [-0.15, -0.1) is 0 Å². The molecule has 1 aromatic heterocycles. The van der Waals surface area contributed by atoms with Crippen molar-refractivity contribution < 1.29 is 4.42 Å². The third kappa shape index (κ3) is 3.89. The van der Waals surface area contributed by atoms with Gasteiger partial charge in [-0.3, -0.25) is 0 Å². The minimum atomic E-state index is -0.0518. The molecular weight excluding hydrogens is 546 g/mol. The first-order valence-corrected chi connectivity index (χ1v) is 15.6. The van der Waals surface area contributed by atoms with E-state index in [1.807, 2.05) is 6.07 Å². The van der Waals surface area contributed by atoms with Crippen LogP contribution in [0.2, 0.25) is 0 Å². The van der Waals surface area contributed by atoms with Crippen molar-refractivity contribution in [2.24, 2.45) is 0 Å². The maximum absolute atomic E-state index is 6.49. The largest absolute Gasteiger partial charge is 0.455 e. The Balaban J connectivity index is 1.35. The average Bonchev–Trinajstić information content (AvgIpc) is 3.58. The summed E-state index contributed by atoms with van der Waals surface area (Å²) in [6.07, 6.45) is 0. The van der Waals surface area contributed by atoms with Crippen LogP contribution in [-0.2, 0) is 5.41 Å². The summed E-state index contributed by atoms with van der Waals surface area (Å²) >= 11 is 0. The summed E-state index contributed by atoms with van der Waals surface area (Å²) in [5.74, 6) is 0. The van der Waals surface area contributed by atoms with E-state index in [2.05, 4.69) is 164 Å². The van der Waals surface area contributed by atoms with Crippen molar-refractivity contribution in [3.63, 3.8) is 0 Å². The highest BCUT2D eigenvalue weighted by atomic mass is 16.3. The van der Waals surface area contributed by atoms with Crippen molar-refractivity contribution in [2.75, 3.05) is 4.90 Å². The molecule has 1 heterocycles. The van der Waals surface area contributed by atoms with E-state index >= 15 is 0 Å². The zero-order valence-corrected chi connectivity index (χ0v) is 25.3. The highest BCUT2D eigenvalue weighted by Gasteiger charge is 2.35. The number of hydrogen-bond acceptors (Lipinski definition) is 2. The van der Waals surface area contributed by atoms with Crippen molar-refractivity contribution in [3.05, 3.63) is 163 Å². The molecule has 0 N–H and O–H groups in total. The van der Waals surface area contributed by atoms with Crippen LogP contribution in [0.3, 0.4) is 0 Å². The van der Waals surface area contributed by atoms with Gasteiger partial charge in [-0.05, 0) is 69.8 Å². The maximum Gasteiger partial charge on any atom is 0.143 e. The maximum atomic E-state index is 6.49. The van der Waals surface area contributed by atoms with Crippen LogP contribution >= 0.6 is 0 Å². The van der Waals surface area contributed by atoms with Crippen LogP contribution in [0.25, 0.3) is 55.0 Å². The monoisotopic (exact) mass is 577 g/mol. The Morgan fingerprint density at radius 2 is 1.13 bits per heavy atom. The number of para-hydroxylation sites is 1. The van der Waals surface area contributed by atoms with Crippen molar-refractivity contribution in [1.82, 2.24) is 0 Å². The second-order valence-corrected chi connectivity index (χ2v) is 12.6. The lowest BCUT2D eigenvalue weighted by Gasteiger charge is -2.29. The SMILES string of the molecule is CC1(C)c2ccccc2-c2cc(N(c3cccc(-c4ccccc4)c3)c3cc4c5ccccc5oc4c4ccccc34)ccc21. The molecule has 0 radical (unpaired) electrons. The van der Waals surface area contributed by atoms with E-state index in [0.29, 0.717) is 0 Å². The standard InChI is InChI=1S/C43H31NO/c1-43(2)38-21-10-8-17-32(38)36-26-31(23-24-39(36)43)44(30-16-12-15-29(25-30)28-13-4-3-5-14-28)40-27-37-34-19-9-11-22-41(34)45-42(37)35-20-7-6-18-33(35)40/h3-27H,1-2H3. The van der Waals surface area contributed by atoms with Gasteiger partial charge < -0.3 is 9.32 Å². The molecule has 2 nitrogen and oxygen atoms in total.